The molecule has 0 spiro atoms. The number of amides is 1. The zero-order valence-electron chi connectivity index (χ0n) is 19.8. The van der Waals surface area contributed by atoms with E-state index < -0.39 is 27.4 Å². The molecular weight excluding hydrogens is 495 g/mol. The summed E-state index contributed by atoms with van der Waals surface area (Å²) in [6.07, 6.45) is -0.620. The van der Waals surface area contributed by atoms with Gasteiger partial charge in [-0.05, 0) is 74.4 Å². The molecule has 36 heavy (non-hydrogen) atoms. The number of ether oxygens (including phenoxy) is 1. The Labute approximate surface area is 208 Å². The summed E-state index contributed by atoms with van der Waals surface area (Å²) in [4.78, 5) is 15.0. The molecule has 1 atom stereocenters. The molecular formula is C25H30F3N3O4S. The van der Waals surface area contributed by atoms with Crippen LogP contribution >= 0.6 is 0 Å². The van der Waals surface area contributed by atoms with Crippen LogP contribution in [0, 0.1) is 0 Å². The second-order valence-electron chi connectivity index (χ2n) is 9.05. The van der Waals surface area contributed by atoms with E-state index >= 15 is 0 Å². The van der Waals surface area contributed by atoms with Crippen molar-refractivity contribution in [2.45, 2.75) is 49.3 Å². The van der Waals surface area contributed by atoms with Crippen molar-refractivity contribution in [3.8, 4) is 5.75 Å². The van der Waals surface area contributed by atoms with Crippen molar-refractivity contribution in [1.29, 1.82) is 0 Å². The predicted octanol–water partition coefficient (Wildman–Crippen LogP) is 4.35. The molecule has 0 aromatic heterocycles. The van der Waals surface area contributed by atoms with Crippen molar-refractivity contribution in [2.24, 2.45) is 0 Å². The van der Waals surface area contributed by atoms with Crippen LogP contribution < -0.4 is 15.1 Å². The topological polar surface area (TPSA) is 82.1 Å². The quantitative estimate of drug-likeness (QED) is 0.333. The number of alkyl halides is 3. The molecule has 0 saturated carbocycles. The van der Waals surface area contributed by atoms with Gasteiger partial charge in [0.25, 0.3) is 5.91 Å². The molecule has 0 aliphatic carbocycles. The highest BCUT2D eigenvalue weighted by Gasteiger charge is 2.32. The Hall–Kier alpha value is -2.76. The minimum Gasteiger partial charge on any atom is -0.490 e. The first kappa shape index (κ1) is 26.3. The number of halogens is 3. The number of carbonyl (C=O) groups is 1. The van der Waals surface area contributed by atoms with Crippen LogP contribution in [0.3, 0.4) is 0 Å². The summed E-state index contributed by atoms with van der Waals surface area (Å²) in [6, 6.07) is 9.71. The summed E-state index contributed by atoms with van der Waals surface area (Å²) in [5, 5.41) is 9.42. The van der Waals surface area contributed by atoms with E-state index in [9.17, 15) is 27.4 Å². The normalized spacial score (nSPS) is 19.5. The van der Waals surface area contributed by atoms with Gasteiger partial charge in [0.1, 0.15) is 11.9 Å². The van der Waals surface area contributed by atoms with E-state index in [1.807, 2.05) is 0 Å². The van der Waals surface area contributed by atoms with E-state index in [0.717, 1.165) is 44.5 Å². The fraction of sp³-hybridized carbons (Fsp3) is 0.440. The second kappa shape index (κ2) is 10.7. The van der Waals surface area contributed by atoms with Crippen LogP contribution in [0.25, 0.3) is 0 Å². The van der Waals surface area contributed by atoms with Crippen LogP contribution in [0.1, 0.15) is 48.0 Å². The molecule has 11 heteroatoms. The summed E-state index contributed by atoms with van der Waals surface area (Å²) < 4.78 is 59.9. The van der Waals surface area contributed by atoms with E-state index in [0.29, 0.717) is 37.4 Å². The van der Waals surface area contributed by atoms with Gasteiger partial charge in [-0.25, -0.2) is 14.0 Å². The predicted molar refractivity (Wildman–Crippen MR) is 132 cm³/mol. The first-order valence-corrected chi connectivity index (χ1v) is 13.6. The van der Waals surface area contributed by atoms with E-state index in [1.165, 1.54) is 12.1 Å². The number of anilines is 1. The molecule has 1 unspecified atom stereocenters. The zero-order chi connectivity index (χ0) is 25.9. The van der Waals surface area contributed by atoms with Gasteiger partial charge in [0, 0.05) is 26.2 Å². The zero-order valence-corrected chi connectivity index (χ0v) is 20.6. The number of hydrogen-bond donors (Lipinski definition) is 2. The number of nitrogens with zero attached hydrogens (tertiary/aromatic N) is 2. The monoisotopic (exact) mass is 525 g/mol. The number of nitrogens with one attached hydrogen (secondary N) is 1. The van der Waals surface area contributed by atoms with Gasteiger partial charge in [-0.3, -0.25) is 10.0 Å². The van der Waals surface area contributed by atoms with Crippen molar-refractivity contribution >= 4 is 27.2 Å². The maximum absolute atomic E-state index is 14.0. The standard InChI is InChI=1S/C25H30F3N3O4S/c1-36(34,22-7-5-6-21(23(22)24(32)29-33)30-14-3-2-4-15-30)31-16-12-20(13-17-31)35-19-10-8-18(9-11-19)25(26,27)28/h5-11,20,33H,1-4,12-17H2,(H,29,32). The van der Waals surface area contributed by atoms with Gasteiger partial charge < -0.3 is 9.64 Å². The molecule has 0 radical (unpaired) electrons. The van der Waals surface area contributed by atoms with Gasteiger partial charge in [0.15, 0.2) is 0 Å². The van der Waals surface area contributed by atoms with E-state index in [-0.39, 0.29) is 16.6 Å². The fourth-order valence-electron chi connectivity index (χ4n) is 4.77. The van der Waals surface area contributed by atoms with Crippen LogP contribution in [-0.2, 0) is 15.9 Å². The average Bonchev–Trinajstić information content (AvgIpc) is 2.88. The van der Waals surface area contributed by atoms with Crippen molar-refractivity contribution in [3.05, 3.63) is 53.6 Å². The summed E-state index contributed by atoms with van der Waals surface area (Å²) in [6.45, 7) is 2.25. The lowest BCUT2D eigenvalue weighted by atomic mass is 10.1. The molecule has 2 saturated heterocycles. The van der Waals surface area contributed by atoms with Gasteiger partial charge in [-0.2, -0.15) is 13.2 Å². The maximum atomic E-state index is 14.0. The summed E-state index contributed by atoms with van der Waals surface area (Å²) in [5.74, 6) is 3.60. The van der Waals surface area contributed by atoms with Crippen molar-refractivity contribution < 1.29 is 32.1 Å². The van der Waals surface area contributed by atoms with E-state index in [4.69, 9.17) is 4.74 Å². The third kappa shape index (κ3) is 5.63. The van der Waals surface area contributed by atoms with Crippen LogP contribution in [-0.4, -0.2) is 57.8 Å². The Kier molecular flexibility index (Phi) is 7.82. The molecule has 4 rings (SSSR count). The number of rotatable bonds is 6. The van der Waals surface area contributed by atoms with Gasteiger partial charge in [0.2, 0.25) is 0 Å². The lowest BCUT2D eigenvalue weighted by Crippen LogP contribution is -2.42. The molecule has 196 valence electrons. The summed E-state index contributed by atoms with van der Waals surface area (Å²) >= 11 is 0. The highest BCUT2D eigenvalue weighted by molar-refractivity contribution is 7.98. The summed E-state index contributed by atoms with van der Waals surface area (Å²) in [7, 11) is -3.07. The minimum atomic E-state index is -4.41. The largest absolute Gasteiger partial charge is 0.490 e. The third-order valence-electron chi connectivity index (χ3n) is 6.68. The maximum Gasteiger partial charge on any atom is 0.416 e. The number of hydroxylamine groups is 1. The fourth-order valence-corrected chi connectivity index (χ4v) is 6.65. The highest BCUT2D eigenvalue weighted by Crippen LogP contribution is 2.33. The van der Waals surface area contributed by atoms with Crippen LogP contribution in [0.5, 0.6) is 5.75 Å². The highest BCUT2D eigenvalue weighted by atomic mass is 32.2. The van der Waals surface area contributed by atoms with Crippen molar-refractivity contribution in [1.82, 2.24) is 9.79 Å². The van der Waals surface area contributed by atoms with Gasteiger partial charge in [0.05, 0.1) is 31.4 Å². The van der Waals surface area contributed by atoms with E-state index in [1.54, 1.807) is 28.0 Å². The van der Waals surface area contributed by atoms with Gasteiger partial charge >= 0.3 is 6.18 Å². The molecule has 2 N–H and O–H groups in total. The van der Waals surface area contributed by atoms with Crippen LogP contribution in [0.15, 0.2) is 47.4 Å². The third-order valence-corrected chi connectivity index (χ3v) is 8.90. The molecule has 2 fully saturated rings. The average molecular weight is 526 g/mol. The molecule has 2 aliphatic rings. The molecule has 1 amide bonds. The molecule has 2 aromatic carbocycles. The van der Waals surface area contributed by atoms with Gasteiger partial charge in [-0.15, -0.1) is 0 Å². The number of benzene rings is 2. The Balaban J connectivity index is 1.49. The molecule has 7 nitrogen and oxygen atoms in total. The first-order chi connectivity index (χ1) is 17.1. The Morgan fingerprint density at radius 2 is 1.67 bits per heavy atom. The lowest BCUT2D eigenvalue weighted by molar-refractivity contribution is -0.137. The van der Waals surface area contributed by atoms with Crippen LogP contribution in [0.4, 0.5) is 18.9 Å². The lowest BCUT2D eigenvalue weighted by Gasteiger charge is -2.36. The minimum absolute atomic E-state index is 0.157. The molecule has 2 heterocycles. The SMILES string of the molecule is C=S(=O)(c1cccc(N2CCCCC2)c1C(=O)NO)N1CCC(Oc2ccc(C(F)(F)F)cc2)CC1. The number of hydrogen-bond acceptors (Lipinski definition) is 5. The Morgan fingerprint density at radius 3 is 2.25 bits per heavy atom. The van der Waals surface area contributed by atoms with E-state index in [2.05, 4.69) is 10.8 Å². The van der Waals surface area contributed by atoms with Crippen LogP contribution in [0.2, 0.25) is 0 Å². The number of piperidine rings is 2. The first-order valence-electron chi connectivity index (χ1n) is 11.9. The Morgan fingerprint density at radius 1 is 1.03 bits per heavy atom. The van der Waals surface area contributed by atoms with Crippen molar-refractivity contribution in [2.75, 3.05) is 31.1 Å². The molecule has 2 aliphatic heterocycles. The summed E-state index contributed by atoms with van der Waals surface area (Å²) in [5.41, 5.74) is 1.73. The Bertz CT molecular complexity index is 1170. The van der Waals surface area contributed by atoms with Crippen molar-refractivity contribution in [3.63, 3.8) is 0 Å². The smallest absolute Gasteiger partial charge is 0.416 e. The molecule has 0 bridgehead atoms. The second-order valence-corrected chi connectivity index (χ2v) is 11.3. The van der Waals surface area contributed by atoms with Gasteiger partial charge in [-0.1, -0.05) is 6.07 Å². The molecule has 2 aromatic rings. The number of carbonyl (C=O) groups excluding carboxylic acids is 1.